The molecule has 0 aliphatic carbocycles. The molecule has 1 aromatic carbocycles. The molecule has 4 nitrogen and oxygen atoms in total. The van der Waals surface area contributed by atoms with E-state index < -0.39 is 0 Å². The first-order chi connectivity index (χ1) is 10.0. The summed E-state index contributed by atoms with van der Waals surface area (Å²) >= 11 is 0. The van der Waals surface area contributed by atoms with Crippen molar-refractivity contribution in [3.8, 4) is 5.75 Å². The Morgan fingerprint density at radius 2 is 2.00 bits per heavy atom. The SMILES string of the molecule is CC(C)COc1ccccc1NC(=O)C1(C)CCNCC1. The predicted molar refractivity (Wildman–Crippen MR) is 85.6 cm³/mol. The van der Waals surface area contributed by atoms with Crippen molar-refractivity contribution in [1.82, 2.24) is 5.32 Å². The molecular formula is C17H26N2O2. The maximum absolute atomic E-state index is 12.6. The maximum Gasteiger partial charge on any atom is 0.230 e. The average Bonchev–Trinajstić information content (AvgIpc) is 2.47. The molecule has 1 aliphatic heterocycles. The number of nitrogens with one attached hydrogen (secondary N) is 2. The Bertz CT molecular complexity index is 479. The van der Waals surface area contributed by atoms with Crippen LogP contribution in [-0.2, 0) is 4.79 Å². The van der Waals surface area contributed by atoms with Crippen LogP contribution in [0.2, 0.25) is 0 Å². The number of anilines is 1. The van der Waals surface area contributed by atoms with Crippen molar-refractivity contribution in [2.75, 3.05) is 25.0 Å². The number of rotatable bonds is 5. The summed E-state index contributed by atoms with van der Waals surface area (Å²) in [6.45, 7) is 8.70. The second kappa shape index (κ2) is 6.94. The van der Waals surface area contributed by atoms with Crippen molar-refractivity contribution in [1.29, 1.82) is 0 Å². The third-order valence-corrected chi connectivity index (χ3v) is 3.96. The van der Waals surface area contributed by atoms with Gasteiger partial charge in [-0.25, -0.2) is 0 Å². The highest BCUT2D eigenvalue weighted by Gasteiger charge is 2.34. The predicted octanol–water partition coefficient (Wildman–Crippen LogP) is 3.05. The molecule has 1 heterocycles. The van der Waals surface area contributed by atoms with Crippen molar-refractivity contribution in [2.24, 2.45) is 11.3 Å². The van der Waals surface area contributed by atoms with E-state index in [1.807, 2.05) is 31.2 Å². The Balaban J connectivity index is 2.06. The fourth-order valence-corrected chi connectivity index (χ4v) is 2.43. The van der Waals surface area contributed by atoms with E-state index in [9.17, 15) is 4.79 Å². The van der Waals surface area contributed by atoms with Gasteiger partial charge in [-0.3, -0.25) is 4.79 Å². The summed E-state index contributed by atoms with van der Waals surface area (Å²) in [4.78, 5) is 12.6. The Hall–Kier alpha value is -1.55. The zero-order chi connectivity index (χ0) is 15.3. The second-order valence-corrected chi connectivity index (χ2v) is 6.47. The van der Waals surface area contributed by atoms with Gasteiger partial charge in [0, 0.05) is 5.41 Å². The third-order valence-electron chi connectivity index (χ3n) is 3.96. The smallest absolute Gasteiger partial charge is 0.230 e. The normalized spacial score (nSPS) is 17.5. The lowest BCUT2D eigenvalue weighted by Gasteiger charge is -2.32. The summed E-state index contributed by atoms with van der Waals surface area (Å²) in [5.74, 6) is 1.29. The van der Waals surface area contributed by atoms with E-state index in [0.29, 0.717) is 12.5 Å². The van der Waals surface area contributed by atoms with Crippen molar-refractivity contribution in [3.63, 3.8) is 0 Å². The number of carbonyl (C=O) groups is 1. The van der Waals surface area contributed by atoms with Gasteiger partial charge in [-0.05, 0) is 44.0 Å². The van der Waals surface area contributed by atoms with Gasteiger partial charge in [0.15, 0.2) is 0 Å². The molecule has 1 saturated heterocycles. The van der Waals surface area contributed by atoms with Crippen molar-refractivity contribution >= 4 is 11.6 Å². The minimum absolute atomic E-state index is 0.0876. The van der Waals surface area contributed by atoms with Gasteiger partial charge in [0.25, 0.3) is 0 Å². The van der Waals surface area contributed by atoms with Gasteiger partial charge in [-0.2, -0.15) is 0 Å². The molecule has 1 amide bonds. The minimum atomic E-state index is -0.295. The minimum Gasteiger partial charge on any atom is -0.491 e. The molecule has 0 aromatic heterocycles. The first-order valence-electron chi connectivity index (χ1n) is 7.75. The lowest BCUT2D eigenvalue weighted by atomic mass is 9.80. The zero-order valence-electron chi connectivity index (χ0n) is 13.2. The summed E-state index contributed by atoms with van der Waals surface area (Å²) < 4.78 is 5.79. The molecule has 0 atom stereocenters. The summed E-state index contributed by atoms with van der Waals surface area (Å²) in [6, 6.07) is 7.65. The number of benzene rings is 1. The molecule has 116 valence electrons. The zero-order valence-corrected chi connectivity index (χ0v) is 13.2. The summed E-state index contributed by atoms with van der Waals surface area (Å²) in [7, 11) is 0. The number of hydrogen-bond acceptors (Lipinski definition) is 3. The largest absolute Gasteiger partial charge is 0.491 e. The maximum atomic E-state index is 12.6. The Kier molecular flexibility index (Phi) is 5.23. The Labute approximate surface area is 127 Å². The summed E-state index contributed by atoms with van der Waals surface area (Å²) in [5, 5.41) is 6.35. The lowest BCUT2D eigenvalue weighted by Crippen LogP contribution is -2.42. The van der Waals surface area contributed by atoms with Crippen LogP contribution < -0.4 is 15.4 Å². The highest BCUT2D eigenvalue weighted by molar-refractivity contribution is 5.96. The van der Waals surface area contributed by atoms with Crippen molar-refractivity contribution in [3.05, 3.63) is 24.3 Å². The monoisotopic (exact) mass is 290 g/mol. The van der Waals surface area contributed by atoms with E-state index in [2.05, 4.69) is 24.5 Å². The van der Waals surface area contributed by atoms with Crippen LogP contribution in [0.1, 0.15) is 33.6 Å². The highest BCUT2D eigenvalue weighted by atomic mass is 16.5. The molecule has 1 aliphatic rings. The first-order valence-corrected chi connectivity index (χ1v) is 7.75. The third kappa shape index (κ3) is 4.21. The molecule has 2 rings (SSSR count). The summed E-state index contributed by atoms with van der Waals surface area (Å²) in [6.07, 6.45) is 1.74. The van der Waals surface area contributed by atoms with Crippen LogP contribution >= 0.6 is 0 Å². The van der Waals surface area contributed by atoms with Crippen LogP contribution in [0, 0.1) is 11.3 Å². The number of carbonyl (C=O) groups excluding carboxylic acids is 1. The van der Waals surface area contributed by atoms with Gasteiger partial charge >= 0.3 is 0 Å². The fraction of sp³-hybridized carbons (Fsp3) is 0.588. The van der Waals surface area contributed by atoms with Crippen LogP contribution in [0.5, 0.6) is 5.75 Å². The Morgan fingerprint density at radius 1 is 1.33 bits per heavy atom. The molecule has 0 bridgehead atoms. The quantitative estimate of drug-likeness (QED) is 0.876. The van der Waals surface area contributed by atoms with Crippen LogP contribution in [-0.4, -0.2) is 25.6 Å². The molecule has 4 heteroatoms. The Morgan fingerprint density at radius 3 is 2.67 bits per heavy atom. The van der Waals surface area contributed by atoms with Crippen molar-refractivity contribution in [2.45, 2.75) is 33.6 Å². The number of piperidine rings is 1. The number of ether oxygens (including phenoxy) is 1. The van der Waals surface area contributed by atoms with E-state index in [4.69, 9.17) is 4.74 Å². The van der Waals surface area contributed by atoms with Gasteiger partial charge in [-0.15, -0.1) is 0 Å². The molecule has 1 fully saturated rings. The van der Waals surface area contributed by atoms with Crippen LogP contribution in [0.15, 0.2) is 24.3 Å². The standard InChI is InChI=1S/C17H26N2O2/c1-13(2)12-21-15-7-5-4-6-14(15)19-16(20)17(3)8-10-18-11-9-17/h4-7,13,18H,8-12H2,1-3H3,(H,19,20). The van der Waals surface area contributed by atoms with E-state index >= 15 is 0 Å². The van der Waals surface area contributed by atoms with E-state index in [0.717, 1.165) is 37.4 Å². The first kappa shape index (κ1) is 15.8. The molecular weight excluding hydrogens is 264 g/mol. The van der Waals surface area contributed by atoms with E-state index in [1.165, 1.54) is 0 Å². The van der Waals surface area contributed by atoms with Crippen molar-refractivity contribution < 1.29 is 9.53 Å². The van der Waals surface area contributed by atoms with Gasteiger partial charge in [0.05, 0.1) is 12.3 Å². The number of para-hydroxylation sites is 2. The van der Waals surface area contributed by atoms with Gasteiger partial charge < -0.3 is 15.4 Å². The molecule has 0 unspecified atom stereocenters. The molecule has 0 spiro atoms. The second-order valence-electron chi connectivity index (χ2n) is 6.47. The molecule has 2 N–H and O–H groups in total. The van der Waals surface area contributed by atoms with Crippen LogP contribution in [0.25, 0.3) is 0 Å². The average molecular weight is 290 g/mol. The topological polar surface area (TPSA) is 50.4 Å². The van der Waals surface area contributed by atoms with Gasteiger partial charge in [0.1, 0.15) is 5.75 Å². The van der Waals surface area contributed by atoms with E-state index in [-0.39, 0.29) is 11.3 Å². The molecule has 1 aromatic rings. The van der Waals surface area contributed by atoms with Gasteiger partial charge in [0.2, 0.25) is 5.91 Å². The van der Waals surface area contributed by atoms with Crippen LogP contribution in [0.3, 0.4) is 0 Å². The lowest BCUT2D eigenvalue weighted by molar-refractivity contribution is -0.126. The van der Waals surface area contributed by atoms with Gasteiger partial charge in [-0.1, -0.05) is 32.9 Å². The van der Waals surface area contributed by atoms with E-state index in [1.54, 1.807) is 0 Å². The van der Waals surface area contributed by atoms with Crippen LogP contribution in [0.4, 0.5) is 5.69 Å². The number of hydrogen-bond donors (Lipinski definition) is 2. The molecule has 0 saturated carbocycles. The molecule has 0 radical (unpaired) electrons. The number of amides is 1. The summed E-state index contributed by atoms with van der Waals surface area (Å²) in [5.41, 5.74) is 0.471. The molecule has 21 heavy (non-hydrogen) atoms. The fourth-order valence-electron chi connectivity index (χ4n) is 2.43. The highest BCUT2D eigenvalue weighted by Crippen LogP contribution is 2.32.